The van der Waals surface area contributed by atoms with Gasteiger partial charge in [-0.3, -0.25) is 9.69 Å². The van der Waals surface area contributed by atoms with Crippen molar-refractivity contribution in [3.8, 4) is 5.75 Å². The smallest absolute Gasteiger partial charge is 0.248 e. The van der Waals surface area contributed by atoms with E-state index in [2.05, 4.69) is 28.6 Å². The quantitative estimate of drug-likeness (QED) is 0.565. The van der Waals surface area contributed by atoms with E-state index in [1.165, 1.54) is 29.8 Å². The Bertz CT molecular complexity index is 1130. The van der Waals surface area contributed by atoms with E-state index in [1.807, 2.05) is 19.2 Å². The van der Waals surface area contributed by atoms with Crippen LogP contribution in [-0.2, 0) is 29.7 Å². The van der Waals surface area contributed by atoms with Crippen molar-refractivity contribution in [3.05, 3.63) is 65.1 Å². The molecule has 0 bridgehead atoms. The van der Waals surface area contributed by atoms with Crippen LogP contribution in [-0.4, -0.2) is 61.2 Å². The van der Waals surface area contributed by atoms with Gasteiger partial charge >= 0.3 is 0 Å². The molecule has 1 atom stereocenters. The van der Waals surface area contributed by atoms with Crippen LogP contribution in [0.2, 0.25) is 0 Å². The Hall–Kier alpha value is -2.90. The van der Waals surface area contributed by atoms with Crippen LogP contribution in [0.3, 0.4) is 0 Å². The molecule has 4 rings (SSSR count). The average Bonchev–Trinajstić information content (AvgIpc) is 3.05. The summed E-state index contributed by atoms with van der Waals surface area (Å²) < 4.78 is 26.5. The number of fused-ring (bicyclic) bond motifs is 3. The van der Waals surface area contributed by atoms with E-state index >= 15 is 0 Å². The number of aromatic nitrogens is 1. The molecule has 32 heavy (non-hydrogen) atoms. The lowest BCUT2D eigenvalue weighted by Gasteiger charge is -2.35. The van der Waals surface area contributed by atoms with Gasteiger partial charge in [-0.05, 0) is 35.4 Å². The summed E-state index contributed by atoms with van der Waals surface area (Å²) in [6, 6.07) is 12.9. The van der Waals surface area contributed by atoms with Crippen LogP contribution >= 0.6 is 0 Å². The van der Waals surface area contributed by atoms with Crippen molar-refractivity contribution >= 4 is 16.8 Å². The minimum atomic E-state index is -0.224. The van der Waals surface area contributed by atoms with Crippen LogP contribution in [0.15, 0.2) is 42.5 Å². The van der Waals surface area contributed by atoms with E-state index in [-0.39, 0.29) is 24.2 Å². The van der Waals surface area contributed by atoms with Crippen LogP contribution < -0.4 is 4.74 Å². The SMILES string of the molecule is COCC(=O)N(C)CC1CN(Cc2cccc(F)c2)Cc2c1c1ccc(OC)cc1n2C. The first-order chi connectivity index (χ1) is 15.4. The highest BCUT2D eigenvalue weighted by Crippen LogP contribution is 2.38. The Balaban J connectivity index is 1.72. The van der Waals surface area contributed by atoms with E-state index in [1.54, 1.807) is 24.1 Å². The first-order valence-corrected chi connectivity index (χ1v) is 10.8. The van der Waals surface area contributed by atoms with E-state index < -0.39 is 0 Å². The molecule has 170 valence electrons. The van der Waals surface area contributed by atoms with E-state index in [9.17, 15) is 9.18 Å². The number of benzene rings is 2. The zero-order valence-corrected chi connectivity index (χ0v) is 19.1. The van der Waals surface area contributed by atoms with Gasteiger partial charge in [0.1, 0.15) is 18.2 Å². The van der Waals surface area contributed by atoms with Gasteiger partial charge < -0.3 is 18.9 Å². The molecule has 0 aliphatic carbocycles. The summed E-state index contributed by atoms with van der Waals surface area (Å²) in [7, 11) is 7.09. The Kier molecular flexibility index (Phi) is 6.48. The van der Waals surface area contributed by atoms with Gasteiger partial charge in [-0.2, -0.15) is 0 Å². The molecule has 6 nitrogen and oxygen atoms in total. The van der Waals surface area contributed by atoms with Gasteiger partial charge in [-0.15, -0.1) is 0 Å². The highest BCUT2D eigenvalue weighted by molar-refractivity contribution is 5.88. The molecule has 2 heterocycles. The van der Waals surface area contributed by atoms with Crippen molar-refractivity contribution in [2.75, 3.05) is 41.0 Å². The molecule has 0 saturated heterocycles. The number of hydrogen-bond acceptors (Lipinski definition) is 4. The third-order valence-electron chi connectivity index (χ3n) is 6.32. The number of likely N-dealkylation sites (N-methyl/N-ethyl adjacent to an activating group) is 1. The molecule has 7 heteroatoms. The molecule has 0 N–H and O–H groups in total. The van der Waals surface area contributed by atoms with Crippen molar-refractivity contribution in [2.24, 2.45) is 7.05 Å². The molecule has 1 aliphatic heterocycles. The number of amides is 1. The standard InChI is InChI=1S/C25H30FN3O3/c1-27(24(30)16-31-3)13-18-14-29(12-17-6-5-7-19(26)10-17)15-23-25(18)21-9-8-20(32-4)11-22(21)28(23)2/h5-11,18H,12-16H2,1-4H3. The summed E-state index contributed by atoms with van der Waals surface area (Å²) >= 11 is 0. The second-order valence-corrected chi connectivity index (χ2v) is 8.51. The van der Waals surface area contributed by atoms with Crippen molar-refractivity contribution in [2.45, 2.75) is 19.0 Å². The number of methoxy groups -OCH3 is 2. The third-order valence-corrected chi connectivity index (χ3v) is 6.32. The number of carbonyl (C=O) groups excluding carboxylic acids is 1. The first-order valence-electron chi connectivity index (χ1n) is 10.8. The van der Waals surface area contributed by atoms with Crippen LogP contribution in [0.5, 0.6) is 5.75 Å². The minimum absolute atomic E-state index is 0.0433. The Labute approximate surface area is 188 Å². The Morgan fingerprint density at radius 1 is 1.22 bits per heavy atom. The largest absolute Gasteiger partial charge is 0.497 e. The van der Waals surface area contributed by atoms with Gasteiger partial charge in [0, 0.05) is 70.4 Å². The summed E-state index contributed by atoms with van der Waals surface area (Å²) in [5.74, 6) is 0.669. The molecule has 1 unspecified atom stereocenters. The highest BCUT2D eigenvalue weighted by atomic mass is 19.1. The van der Waals surface area contributed by atoms with Crippen molar-refractivity contribution < 1.29 is 18.7 Å². The molecule has 0 spiro atoms. The summed E-state index contributed by atoms with van der Waals surface area (Å²) in [5.41, 5.74) is 4.54. The van der Waals surface area contributed by atoms with Gasteiger partial charge in [0.25, 0.3) is 0 Å². The molecule has 1 aliphatic rings. The summed E-state index contributed by atoms with van der Waals surface area (Å²) in [6.07, 6.45) is 0. The van der Waals surface area contributed by atoms with Gasteiger partial charge in [-0.1, -0.05) is 12.1 Å². The molecule has 0 radical (unpaired) electrons. The topological polar surface area (TPSA) is 46.9 Å². The van der Waals surface area contributed by atoms with Gasteiger partial charge in [0.2, 0.25) is 5.91 Å². The predicted molar refractivity (Wildman–Crippen MR) is 122 cm³/mol. The Morgan fingerprint density at radius 2 is 2.03 bits per heavy atom. The maximum Gasteiger partial charge on any atom is 0.248 e. The molecule has 0 saturated carbocycles. The molecule has 1 amide bonds. The van der Waals surface area contributed by atoms with Gasteiger partial charge in [0.15, 0.2) is 0 Å². The first kappa shape index (κ1) is 22.3. The maximum absolute atomic E-state index is 13.8. The zero-order chi connectivity index (χ0) is 22.8. The fraction of sp³-hybridized carbons (Fsp3) is 0.400. The molecule has 1 aromatic heterocycles. The van der Waals surface area contributed by atoms with Gasteiger partial charge in [0.05, 0.1) is 12.6 Å². The van der Waals surface area contributed by atoms with Crippen LogP contribution in [0, 0.1) is 5.82 Å². The highest BCUT2D eigenvalue weighted by Gasteiger charge is 2.32. The van der Waals surface area contributed by atoms with E-state index in [4.69, 9.17) is 9.47 Å². The fourth-order valence-corrected chi connectivity index (χ4v) is 4.78. The molecule has 3 aromatic rings. The zero-order valence-electron chi connectivity index (χ0n) is 19.1. The number of nitrogens with zero attached hydrogens (tertiary/aromatic N) is 3. The monoisotopic (exact) mass is 439 g/mol. The number of carbonyl (C=O) groups is 1. The molecular weight excluding hydrogens is 409 g/mol. The lowest BCUT2D eigenvalue weighted by atomic mass is 9.91. The molecular formula is C25H30FN3O3. The summed E-state index contributed by atoms with van der Waals surface area (Å²) in [5, 5.41) is 1.19. The minimum Gasteiger partial charge on any atom is -0.497 e. The lowest BCUT2D eigenvalue weighted by Crippen LogP contribution is -2.41. The number of rotatable bonds is 7. The number of halogens is 1. The van der Waals surface area contributed by atoms with Crippen LogP contribution in [0.25, 0.3) is 10.9 Å². The van der Waals surface area contributed by atoms with Crippen molar-refractivity contribution in [1.82, 2.24) is 14.4 Å². The number of hydrogen-bond donors (Lipinski definition) is 0. The second-order valence-electron chi connectivity index (χ2n) is 8.51. The van der Waals surface area contributed by atoms with Gasteiger partial charge in [-0.25, -0.2) is 4.39 Å². The Morgan fingerprint density at radius 3 is 2.75 bits per heavy atom. The third kappa shape index (κ3) is 4.36. The van der Waals surface area contributed by atoms with E-state index in [0.717, 1.165) is 29.9 Å². The molecule has 2 aromatic carbocycles. The molecule has 0 fully saturated rings. The van der Waals surface area contributed by atoms with Crippen LogP contribution in [0.1, 0.15) is 22.7 Å². The maximum atomic E-state index is 13.8. The number of ether oxygens (including phenoxy) is 2. The summed E-state index contributed by atoms with van der Waals surface area (Å²) in [6.45, 7) is 2.83. The van der Waals surface area contributed by atoms with Crippen molar-refractivity contribution in [3.63, 3.8) is 0 Å². The fourth-order valence-electron chi connectivity index (χ4n) is 4.78. The lowest BCUT2D eigenvalue weighted by molar-refractivity contribution is -0.134. The van der Waals surface area contributed by atoms with Crippen molar-refractivity contribution in [1.29, 1.82) is 0 Å². The second kappa shape index (κ2) is 9.30. The van der Waals surface area contributed by atoms with Crippen LogP contribution in [0.4, 0.5) is 4.39 Å². The number of aryl methyl sites for hydroxylation is 1. The summed E-state index contributed by atoms with van der Waals surface area (Å²) in [4.78, 5) is 16.5. The predicted octanol–water partition coefficient (Wildman–Crippen LogP) is 3.53. The van der Waals surface area contributed by atoms with E-state index in [0.29, 0.717) is 13.1 Å². The normalized spacial score (nSPS) is 16.2. The average molecular weight is 440 g/mol.